The van der Waals surface area contributed by atoms with E-state index in [0.29, 0.717) is 5.16 Å². The molecule has 0 aromatic carbocycles. The normalized spacial score (nSPS) is 12.5. The number of rotatable bonds is 6. The molecule has 0 saturated carbocycles. The summed E-state index contributed by atoms with van der Waals surface area (Å²) in [6, 6.07) is 0. The first-order chi connectivity index (χ1) is 8.45. The zero-order valence-corrected chi connectivity index (χ0v) is 11.7. The van der Waals surface area contributed by atoms with Crippen molar-refractivity contribution in [1.29, 1.82) is 0 Å². The quantitative estimate of drug-likeness (QED) is 0.480. The first-order valence-electron chi connectivity index (χ1n) is 5.71. The Kier molecular flexibility index (Phi) is 5.33. The van der Waals surface area contributed by atoms with E-state index in [1.807, 2.05) is 13.8 Å². The molecule has 0 radical (unpaired) electrons. The van der Waals surface area contributed by atoms with E-state index in [4.69, 9.17) is 4.74 Å². The van der Waals surface area contributed by atoms with Gasteiger partial charge in [0.15, 0.2) is 11.0 Å². The number of hydrogen-bond donors (Lipinski definition) is 1. The molecule has 7 heteroatoms. The Bertz CT molecular complexity index is 431. The molecule has 0 unspecified atom stereocenters. The van der Waals surface area contributed by atoms with Crippen molar-refractivity contribution in [2.24, 2.45) is 0 Å². The molecule has 6 nitrogen and oxygen atoms in total. The maximum absolute atomic E-state index is 11.6. The first-order valence-corrected chi connectivity index (χ1v) is 6.59. The molecule has 1 aromatic rings. The van der Waals surface area contributed by atoms with Crippen LogP contribution in [0.5, 0.6) is 0 Å². The van der Waals surface area contributed by atoms with Crippen LogP contribution < -0.4 is 0 Å². The summed E-state index contributed by atoms with van der Waals surface area (Å²) in [6.07, 6.45) is 0. The number of thioether (sulfide) groups is 1. The summed E-state index contributed by atoms with van der Waals surface area (Å²) in [5.74, 6) is 0.120. The molecule has 0 amide bonds. The van der Waals surface area contributed by atoms with Gasteiger partial charge in [-0.15, -0.1) is 5.10 Å². The third-order valence-electron chi connectivity index (χ3n) is 2.12. The van der Waals surface area contributed by atoms with Gasteiger partial charge in [-0.3, -0.25) is 14.7 Å². The zero-order valence-electron chi connectivity index (χ0n) is 10.9. The summed E-state index contributed by atoms with van der Waals surface area (Å²) in [6.45, 7) is 7.24. The van der Waals surface area contributed by atoms with Crippen LogP contribution in [0.25, 0.3) is 0 Å². The highest BCUT2D eigenvalue weighted by Gasteiger charge is 2.27. The highest BCUT2D eigenvalue weighted by molar-refractivity contribution is 8.01. The number of carbonyl (C=O) groups is 2. The number of ether oxygens (including phenoxy) is 1. The van der Waals surface area contributed by atoms with Crippen molar-refractivity contribution >= 4 is 23.5 Å². The second-order valence-electron chi connectivity index (χ2n) is 4.02. The standard InChI is InChI=1S/C11H17N3O3S/c1-5-17-10(16)8(7(4)15)18-11-12-9(6(2)3)13-14-11/h6,8H,5H2,1-4H3,(H,12,13,14)/t8-/m0/s1. The monoisotopic (exact) mass is 271 g/mol. The maximum Gasteiger partial charge on any atom is 0.327 e. The van der Waals surface area contributed by atoms with Crippen LogP contribution >= 0.6 is 11.8 Å². The average molecular weight is 271 g/mol. The Morgan fingerprint density at radius 1 is 1.44 bits per heavy atom. The molecule has 0 aliphatic heterocycles. The number of H-pyrrole nitrogens is 1. The van der Waals surface area contributed by atoms with Gasteiger partial charge in [0.05, 0.1) is 6.61 Å². The molecule has 100 valence electrons. The topological polar surface area (TPSA) is 84.9 Å². The minimum Gasteiger partial charge on any atom is -0.465 e. The van der Waals surface area contributed by atoms with Gasteiger partial charge in [0.1, 0.15) is 5.82 Å². The van der Waals surface area contributed by atoms with Crippen LogP contribution in [-0.4, -0.2) is 38.8 Å². The summed E-state index contributed by atoms with van der Waals surface area (Å²) in [5, 5.41) is 6.22. The van der Waals surface area contributed by atoms with Gasteiger partial charge in [0, 0.05) is 5.92 Å². The Labute approximate surface area is 110 Å². The fourth-order valence-corrected chi connectivity index (χ4v) is 1.98. The number of ketones is 1. The van der Waals surface area contributed by atoms with Gasteiger partial charge >= 0.3 is 5.97 Å². The fraction of sp³-hybridized carbons (Fsp3) is 0.636. The molecule has 1 heterocycles. The number of aromatic amines is 1. The van der Waals surface area contributed by atoms with Crippen LogP contribution in [0.2, 0.25) is 0 Å². The van der Waals surface area contributed by atoms with Crippen molar-refractivity contribution in [1.82, 2.24) is 15.2 Å². The molecule has 18 heavy (non-hydrogen) atoms. The highest BCUT2D eigenvalue weighted by atomic mass is 32.2. The van der Waals surface area contributed by atoms with Gasteiger partial charge < -0.3 is 4.74 Å². The van der Waals surface area contributed by atoms with Crippen LogP contribution in [0.3, 0.4) is 0 Å². The van der Waals surface area contributed by atoms with Crippen molar-refractivity contribution in [2.45, 2.75) is 44.0 Å². The molecule has 0 fully saturated rings. The van der Waals surface area contributed by atoms with Gasteiger partial charge in [-0.1, -0.05) is 25.6 Å². The van der Waals surface area contributed by atoms with Crippen LogP contribution in [-0.2, 0) is 14.3 Å². The summed E-state index contributed by atoms with van der Waals surface area (Å²) in [5.41, 5.74) is 0. The minimum atomic E-state index is -0.902. The van der Waals surface area contributed by atoms with E-state index in [9.17, 15) is 9.59 Å². The molecular weight excluding hydrogens is 254 g/mol. The van der Waals surface area contributed by atoms with Crippen molar-refractivity contribution in [3.05, 3.63) is 5.82 Å². The average Bonchev–Trinajstić information content (AvgIpc) is 2.74. The van der Waals surface area contributed by atoms with E-state index in [-0.39, 0.29) is 18.3 Å². The number of aromatic nitrogens is 3. The Morgan fingerprint density at radius 2 is 2.11 bits per heavy atom. The first kappa shape index (κ1) is 14.7. The zero-order chi connectivity index (χ0) is 13.7. The molecule has 1 atom stereocenters. The van der Waals surface area contributed by atoms with Gasteiger partial charge in [-0.25, -0.2) is 4.98 Å². The predicted octanol–water partition coefficient (Wildman–Crippen LogP) is 1.54. The van der Waals surface area contributed by atoms with E-state index in [1.54, 1.807) is 6.92 Å². The molecule has 0 aliphatic rings. The molecule has 0 saturated heterocycles. The molecule has 1 rings (SSSR count). The highest BCUT2D eigenvalue weighted by Crippen LogP contribution is 2.22. The number of carbonyl (C=O) groups excluding carboxylic acids is 2. The maximum atomic E-state index is 11.6. The second-order valence-corrected chi connectivity index (χ2v) is 5.09. The third-order valence-corrected chi connectivity index (χ3v) is 3.28. The smallest absolute Gasteiger partial charge is 0.327 e. The van der Waals surface area contributed by atoms with E-state index in [1.165, 1.54) is 6.92 Å². The van der Waals surface area contributed by atoms with Gasteiger partial charge in [0.25, 0.3) is 0 Å². The number of nitrogens with one attached hydrogen (secondary N) is 1. The van der Waals surface area contributed by atoms with Gasteiger partial charge in [-0.2, -0.15) is 0 Å². The lowest BCUT2D eigenvalue weighted by atomic mass is 10.2. The van der Waals surface area contributed by atoms with E-state index in [0.717, 1.165) is 17.6 Å². The SMILES string of the molecule is CCOC(=O)[C@@H](Sc1n[nH]c(C(C)C)n1)C(C)=O. The number of Topliss-reactive ketones (excluding diaryl/α,β-unsaturated/α-hetero) is 1. The number of nitrogens with zero attached hydrogens (tertiary/aromatic N) is 2. The summed E-state index contributed by atoms with van der Waals surface area (Å²) >= 11 is 1.01. The lowest BCUT2D eigenvalue weighted by molar-refractivity contribution is -0.144. The molecular formula is C11H17N3O3S. The van der Waals surface area contributed by atoms with Crippen LogP contribution in [0.15, 0.2) is 5.16 Å². The molecule has 1 aromatic heterocycles. The van der Waals surface area contributed by atoms with E-state index in [2.05, 4.69) is 15.2 Å². The fourth-order valence-electron chi connectivity index (χ4n) is 1.19. The van der Waals surface area contributed by atoms with Gasteiger partial charge in [0.2, 0.25) is 5.16 Å². The Hall–Kier alpha value is -1.37. The number of esters is 1. The second kappa shape index (κ2) is 6.53. The largest absolute Gasteiger partial charge is 0.465 e. The molecule has 1 N–H and O–H groups in total. The Morgan fingerprint density at radius 3 is 2.56 bits per heavy atom. The molecule has 0 aliphatic carbocycles. The van der Waals surface area contributed by atoms with Crippen LogP contribution in [0, 0.1) is 0 Å². The van der Waals surface area contributed by atoms with Crippen molar-refractivity contribution in [3.63, 3.8) is 0 Å². The summed E-state index contributed by atoms with van der Waals surface area (Å²) in [4.78, 5) is 27.2. The predicted molar refractivity (Wildman–Crippen MR) is 67.4 cm³/mol. The lowest BCUT2D eigenvalue weighted by Gasteiger charge is -2.09. The summed E-state index contributed by atoms with van der Waals surface area (Å²) in [7, 11) is 0. The minimum absolute atomic E-state index is 0.213. The van der Waals surface area contributed by atoms with Crippen LogP contribution in [0.4, 0.5) is 0 Å². The third kappa shape index (κ3) is 3.83. The molecule has 0 bridgehead atoms. The number of hydrogen-bond acceptors (Lipinski definition) is 6. The Balaban J connectivity index is 2.77. The van der Waals surface area contributed by atoms with E-state index >= 15 is 0 Å². The van der Waals surface area contributed by atoms with Crippen molar-refractivity contribution < 1.29 is 14.3 Å². The molecule has 0 spiro atoms. The van der Waals surface area contributed by atoms with E-state index < -0.39 is 11.2 Å². The van der Waals surface area contributed by atoms with Crippen molar-refractivity contribution in [3.8, 4) is 0 Å². The van der Waals surface area contributed by atoms with Crippen LogP contribution in [0.1, 0.15) is 39.4 Å². The summed E-state index contributed by atoms with van der Waals surface area (Å²) < 4.78 is 4.85. The van der Waals surface area contributed by atoms with Gasteiger partial charge in [-0.05, 0) is 13.8 Å². The van der Waals surface area contributed by atoms with Crippen molar-refractivity contribution in [2.75, 3.05) is 6.61 Å². The lowest BCUT2D eigenvalue weighted by Crippen LogP contribution is -2.27.